The first-order valence-electron chi connectivity index (χ1n) is 7.65. The van der Waals surface area contributed by atoms with Gasteiger partial charge in [-0.05, 0) is 61.7 Å². The number of furan rings is 1. The van der Waals surface area contributed by atoms with Crippen molar-refractivity contribution in [1.29, 1.82) is 0 Å². The molecule has 114 valence electrons. The fourth-order valence-corrected chi connectivity index (χ4v) is 2.62. The smallest absolute Gasteiger partial charge is 0.246 e. The minimum atomic E-state index is 0.0603. The van der Waals surface area contributed by atoms with Crippen LogP contribution in [0.4, 0.5) is 5.69 Å². The van der Waals surface area contributed by atoms with Crippen molar-refractivity contribution in [2.45, 2.75) is 19.3 Å². The van der Waals surface area contributed by atoms with Crippen LogP contribution in [0.3, 0.4) is 0 Å². The lowest BCUT2D eigenvalue weighted by molar-refractivity contribution is -0.126. The topological polar surface area (TPSA) is 59.5 Å². The number of nitrogens with zero attached hydrogens (tertiary/aromatic N) is 1. The van der Waals surface area contributed by atoms with Crippen LogP contribution in [0.2, 0.25) is 0 Å². The molecule has 1 amide bonds. The molecule has 0 bridgehead atoms. The van der Waals surface area contributed by atoms with Gasteiger partial charge in [0.2, 0.25) is 5.91 Å². The summed E-state index contributed by atoms with van der Waals surface area (Å²) in [5.74, 6) is 1.51. The van der Waals surface area contributed by atoms with E-state index in [1.165, 1.54) is 6.42 Å². The Bertz CT molecular complexity index is 665. The lowest BCUT2D eigenvalue weighted by atomic mass is 10.1. The van der Waals surface area contributed by atoms with Crippen molar-refractivity contribution >= 4 is 17.7 Å². The average Bonchev–Trinajstić information content (AvgIpc) is 3.03. The van der Waals surface area contributed by atoms with Crippen molar-refractivity contribution in [1.82, 2.24) is 4.90 Å². The van der Waals surface area contributed by atoms with E-state index in [9.17, 15) is 4.79 Å². The minimum Gasteiger partial charge on any atom is -0.457 e. The van der Waals surface area contributed by atoms with E-state index in [1.54, 1.807) is 12.2 Å². The molecule has 0 unspecified atom stereocenters. The van der Waals surface area contributed by atoms with Crippen LogP contribution in [-0.4, -0.2) is 23.9 Å². The maximum Gasteiger partial charge on any atom is 0.246 e. The van der Waals surface area contributed by atoms with Gasteiger partial charge in [0.25, 0.3) is 0 Å². The predicted octanol–water partition coefficient (Wildman–Crippen LogP) is 3.55. The summed E-state index contributed by atoms with van der Waals surface area (Å²) in [5, 5.41) is 0. The third kappa shape index (κ3) is 3.39. The molecule has 0 spiro atoms. The van der Waals surface area contributed by atoms with Gasteiger partial charge < -0.3 is 15.1 Å². The number of nitrogen functional groups attached to an aromatic ring is 1. The number of hydrogen-bond donors (Lipinski definition) is 1. The Morgan fingerprint density at radius 2 is 1.77 bits per heavy atom. The molecule has 3 rings (SSSR count). The highest BCUT2D eigenvalue weighted by Crippen LogP contribution is 2.23. The highest BCUT2D eigenvalue weighted by molar-refractivity contribution is 5.91. The van der Waals surface area contributed by atoms with Gasteiger partial charge in [-0.3, -0.25) is 4.79 Å². The third-order valence-electron chi connectivity index (χ3n) is 3.88. The van der Waals surface area contributed by atoms with E-state index in [0.717, 1.165) is 42.9 Å². The number of benzene rings is 1. The number of rotatable bonds is 3. The molecule has 0 atom stereocenters. The largest absolute Gasteiger partial charge is 0.457 e. The molecule has 0 saturated carbocycles. The molecule has 1 aliphatic rings. The van der Waals surface area contributed by atoms with Crippen LogP contribution in [0.15, 0.2) is 46.9 Å². The van der Waals surface area contributed by atoms with E-state index in [2.05, 4.69) is 0 Å². The third-order valence-corrected chi connectivity index (χ3v) is 3.88. The monoisotopic (exact) mass is 296 g/mol. The van der Waals surface area contributed by atoms with Gasteiger partial charge in [0.05, 0.1) is 0 Å². The zero-order valence-electron chi connectivity index (χ0n) is 12.5. The van der Waals surface area contributed by atoms with Crippen LogP contribution < -0.4 is 5.73 Å². The summed E-state index contributed by atoms with van der Waals surface area (Å²) in [6, 6.07) is 11.3. The molecule has 1 aromatic carbocycles. The zero-order valence-corrected chi connectivity index (χ0v) is 12.5. The molecule has 0 aliphatic carbocycles. The molecule has 2 aromatic rings. The Hall–Kier alpha value is -2.49. The van der Waals surface area contributed by atoms with E-state index in [0.29, 0.717) is 5.76 Å². The first-order valence-corrected chi connectivity index (χ1v) is 7.65. The van der Waals surface area contributed by atoms with Crippen molar-refractivity contribution in [3.63, 3.8) is 0 Å². The lowest BCUT2D eigenvalue weighted by Gasteiger charge is -2.25. The normalized spacial score (nSPS) is 15.4. The predicted molar refractivity (Wildman–Crippen MR) is 88.0 cm³/mol. The second-order valence-corrected chi connectivity index (χ2v) is 5.54. The van der Waals surface area contributed by atoms with Crippen molar-refractivity contribution < 1.29 is 9.21 Å². The first-order chi connectivity index (χ1) is 10.7. The van der Waals surface area contributed by atoms with E-state index >= 15 is 0 Å². The summed E-state index contributed by atoms with van der Waals surface area (Å²) in [5.41, 5.74) is 7.37. The number of carbonyl (C=O) groups is 1. The SMILES string of the molecule is Nc1ccc(-c2ccc(/C=C/C(=O)N3CCCCC3)o2)cc1. The molecule has 1 fully saturated rings. The Kier molecular flexibility index (Phi) is 4.28. The van der Waals surface area contributed by atoms with Crippen molar-refractivity contribution in [3.8, 4) is 11.3 Å². The zero-order chi connectivity index (χ0) is 15.4. The van der Waals surface area contributed by atoms with Crippen LogP contribution in [-0.2, 0) is 4.79 Å². The van der Waals surface area contributed by atoms with Gasteiger partial charge in [-0.15, -0.1) is 0 Å². The number of amides is 1. The Balaban J connectivity index is 1.67. The summed E-state index contributed by atoms with van der Waals surface area (Å²) in [6.07, 6.45) is 6.74. The lowest BCUT2D eigenvalue weighted by Crippen LogP contribution is -2.34. The summed E-state index contributed by atoms with van der Waals surface area (Å²) in [6.45, 7) is 1.72. The molecule has 2 N–H and O–H groups in total. The number of hydrogen-bond acceptors (Lipinski definition) is 3. The van der Waals surface area contributed by atoms with Crippen LogP contribution in [0.25, 0.3) is 17.4 Å². The summed E-state index contributed by atoms with van der Waals surface area (Å²) in [4.78, 5) is 14.0. The van der Waals surface area contributed by atoms with E-state index in [1.807, 2.05) is 41.3 Å². The first kappa shape index (κ1) is 14.4. The molecule has 2 heterocycles. The second-order valence-electron chi connectivity index (χ2n) is 5.54. The van der Waals surface area contributed by atoms with Crippen LogP contribution >= 0.6 is 0 Å². The Labute approximate surface area is 130 Å². The van der Waals surface area contributed by atoms with Crippen LogP contribution in [0, 0.1) is 0 Å². The van der Waals surface area contributed by atoms with Gasteiger partial charge in [-0.2, -0.15) is 0 Å². The quantitative estimate of drug-likeness (QED) is 0.696. The molecule has 4 heteroatoms. The highest BCUT2D eigenvalue weighted by Gasteiger charge is 2.13. The number of anilines is 1. The van der Waals surface area contributed by atoms with E-state index < -0.39 is 0 Å². The summed E-state index contributed by atoms with van der Waals surface area (Å²) in [7, 11) is 0. The van der Waals surface area contributed by atoms with Crippen molar-refractivity contribution in [2.24, 2.45) is 0 Å². The average molecular weight is 296 g/mol. The van der Waals surface area contributed by atoms with E-state index in [-0.39, 0.29) is 5.91 Å². The molecule has 1 aliphatic heterocycles. The molecule has 0 radical (unpaired) electrons. The maximum absolute atomic E-state index is 12.1. The number of likely N-dealkylation sites (tertiary alicyclic amines) is 1. The number of carbonyl (C=O) groups excluding carboxylic acids is 1. The molecule has 22 heavy (non-hydrogen) atoms. The Morgan fingerprint density at radius 3 is 2.50 bits per heavy atom. The minimum absolute atomic E-state index is 0.0603. The fourth-order valence-electron chi connectivity index (χ4n) is 2.62. The van der Waals surface area contributed by atoms with Gasteiger partial charge in [0.1, 0.15) is 11.5 Å². The van der Waals surface area contributed by atoms with Gasteiger partial charge in [-0.1, -0.05) is 0 Å². The van der Waals surface area contributed by atoms with E-state index in [4.69, 9.17) is 10.2 Å². The van der Waals surface area contributed by atoms with Crippen molar-refractivity contribution in [2.75, 3.05) is 18.8 Å². The molecule has 4 nitrogen and oxygen atoms in total. The highest BCUT2D eigenvalue weighted by atomic mass is 16.3. The van der Waals surface area contributed by atoms with Gasteiger partial charge in [-0.25, -0.2) is 0 Å². The Morgan fingerprint density at radius 1 is 1.05 bits per heavy atom. The second kappa shape index (κ2) is 6.52. The van der Waals surface area contributed by atoms with Crippen LogP contribution in [0.5, 0.6) is 0 Å². The number of nitrogens with two attached hydrogens (primary N) is 1. The summed E-state index contributed by atoms with van der Waals surface area (Å²) >= 11 is 0. The molecule has 1 saturated heterocycles. The van der Waals surface area contributed by atoms with Crippen molar-refractivity contribution in [3.05, 3.63) is 48.2 Å². The maximum atomic E-state index is 12.1. The van der Waals surface area contributed by atoms with Gasteiger partial charge in [0, 0.05) is 30.4 Å². The standard InChI is InChI=1S/C18H20N2O2/c19-15-6-4-14(5-7-15)17-10-8-16(22-17)9-11-18(21)20-12-2-1-3-13-20/h4-11H,1-3,12-13,19H2/b11-9+. The number of piperidine rings is 1. The van der Waals surface area contributed by atoms with Gasteiger partial charge >= 0.3 is 0 Å². The fraction of sp³-hybridized carbons (Fsp3) is 0.278. The molecular weight excluding hydrogens is 276 g/mol. The summed E-state index contributed by atoms with van der Waals surface area (Å²) < 4.78 is 5.75. The van der Waals surface area contributed by atoms with Crippen LogP contribution in [0.1, 0.15) is 25.0 Å². The van der Waals surface area contributed by atoms with Gasteiger partial charge in [0.15, 0.2) is 0 Å². The molecule has 1 aromatic heterocycles. The molecular formula is C18H20N2O2.